The molecule has 0 spiro atoms. The standard InChI is InChI=1S/C15H14N2O/c1-11-3-5-12(6-4-11)15(18)13-8-10-17(2)14(13)7-9-16/h3-6,8,10H,7H2,1-2H3. The zero-order valence-corrected chi connectivity index (χ0v) is 10.5. The van der Waals surface area contributed by atoms with Crippen molar-refractivity contribution in [3.05, 3.63) is 58.9 Å². The summed E-state index contributed by atoms with van der Waals surface area (Å²) in [6, 6.07) is 11.3. The minimum Gasteiger partial charge on any atom is -0.353 e. The minimum absolute atomic E-state index is 0.0270. The molecule has 1 aromatic heterocycles. The Morgan fingerprint density at radius 2 is 1.94 bits per heavy atom. The fraction of sp³-hybridized carbons (Fsp3) is 0.200. The zero-order valence-electron chi connectivity index (χ0n) is 10.5. The molecule has 2 rings (SSSR count). The van der Waals surface area contributed by atoms with Crippen LogP contribution in [-0.4, -0.2) is 10.4 Å². The van der Waals surface area contributed by atoms with E-state index in [-0.39, 0.29) is 12.2 Å². The van der Waals surface area contributed by atoms with Crippen LogP contribution in [0.2, 0.25) is 0 Å². The van der Waals surface area contributed by atoms with E-state index in [0.29, 0.717) is 11.1 Å². The van der Waals surface area contributed by atoms with Crippen LogP contribution in [0.15, 0.2) is 36.5 Å². The van der Waals surface area contributed by atoms with Crippen LogP contribution in [0.25, 0.3) is 0 Å². The molecule has 0 fully saturated rings. The highest BCUT2D eigenvalue weighted by molar-refractivity contribution is 6.09. The van der Waals surface area contributed by atoms with Crippen molar-refractivity contribution in [1.29, 1.82) is 5.26 Å². The molecule has 0 saturated heterocycles. The predicted octanol–water partition coefficient (Wildman–Crippen LogP) is 2.63. The number of ketones is 1. The molecule has 0 unspecified atom stereocenters. The summed E-state index contributed by atoms with van der Waals surface area (Å²) >= 11 is 0. The van der Waals surface area contributed by atoms with Crippen molar-refractivity contribution in [2.45, 2.75) is 13.3 Å². The first-order chi connectivity index (χ1) is 8.63. The number of carbonyl (C=O) groups is 1. The van der Waals surface area contributed by atoms with Gasteiger partial charge < -0.3 is 4.57 Å². The van der Waals surface area contributed by atoms with E-state index in [9.17, 15) is 4.79 Å². The van der Waals surface area contributed by atoms with Gasteiger partial charge in [-0.15, -0.1) is 0 Å². The molecule has 0 saturated carbocycles. The maximum absolute atomic E-state index is 12.3. The lowest BCUT2D eigenvalue weighted by Crippen LogP contribution is -2.06. The second-order valence-electron chi connectivity index (χ2n) is 4.32. The topological polar surface area (TPSA) is 45.8 Å². The molecule has 0 radical (unpaired) electrons. The van der Waals surface area contributed by atoms with E-state index in [4.69, 9.17) is 5.26 Å². The van der Waals surface area contributed by atoms with E-state index in [1.807, 2.05) is 49.0 Å². The molecule has 0 aliphatic rings. The lowest BCUT2D eigenvalue weighted by molar-refractivity contribution is 0.103. The summed E-state index contributed by atoms with van der Waals surface area (Å²) in [5.41, 5.74) is 3.16. The van der Waals surface area contributed by atoms with Crippen molar-refractivity contribution in [2.75, 3.05) is 0 Å². The summed E-state index contributed by atoms with van der Waals surface area (Å²) < 4.78 is 1.82. The van der Waals surface area contributed by atoms with Gasteiger partial charge in [0.1, 0.15) is 0 Å². The van der Waals surface area contributed by atoms with Crippen molar-refractivity contribution in [2.24, 2.45) is 7.05 Å². The molecule has 0 aliphatic heterocycles. The van der Waals surface area contributed by atoms with Gasteiger partial charge in [-0.05, 0) is 13.0 Å². The van der Waals surface area contributed by atoms with E-state index in [1.54, 1.807) is 6.07 Å². The third-order valence-corrected chi connectivity index (χ3v) is 3.01. The molecule has 3 heteroatoms. The highest BCUT2D eigenvalue weighted by Crippen LogP contribution is 2.16. The van der Waals surface area contributed by atoms with E-state index >= 15 is 0 Å². The third kappa shape index (κ3) is 2.18. The molecule has 0 atom stereocenters. The van der Waals surface area contributed by atoms with E-state index in [0.717, 1.165) is 11.3 Å². The van der Waals surface area contributed by atoms with Crippen LogP contribution >= 0.6 is 0 Å². The first-order valence-corrected chi connectivity index (χ1v) is 5.76. The average molecular weight is 238 g/mol. The van der Waals surface area contributed by atoms with Gasteiger partial charge in [-0.25, -0.2) is 0 Å². The van der Waals surface area contributed by atoms with Crippen LogP contribution in [0, 0.1) is 18.3 Å². The van der Waals surface area contributed by atoms with E-state index in [2.05, 4.69) is 6.07 Å². The van der Waals surface area contributed by atoms with Gasteiger partial charge in [0.25, 0.3) is 0 Å². The number of nitriles is 1. The second-order valence-corrected chi connectivity index (χ2v) is 4.32. The lowest BCUT2D eigenvalue weighted by atomic mass is 10.0. The Hall–Kier alpha value is -2.34. The molecule has 3 nitrogen and oxygen atoms in total. The molecule has 2 aromatic rings. The average Bonchev–Trinajstić information content (AvgIpc) is 2.72. The Labute approximate surface area is 106 Å². The van der Waals surface area contributed by atoms with Crippen LogP contribution in [0.1, 0.15) is 27.2 Å². The van der Waals surface area contributed by atoms with Gasteiger partial charge in [0.15, 0.2) is 5.78 Å². The summed E-state index contributed by atoms with van der Waals surface area (Å²) in [5, 5.41) is 8.80. The van der Waals surface area contributed by atoms with Gasteiger partial charge in [-0.1, -0.05) is 29.8 Å². The van der Waals surface area contributed by atoms with Gasteiger partial charge in [0.05, 0.1) is 12.5 Å². The molecule has 90 valence electrons. The van der Waals surface area contributed by atoms with Gasteiger partial charge in [0, 0.05) is 30.1 Å². The SMILES string of the molecule is Cc1ccc(C(=O)c2ccn(C)c2CC#N)cc1. The van der Waals surface area contributed by atoms with Crippen molar-refractivity contribution in [1.82, 2.24) is 4.57 Å². The number of aryl methyl sites for hydroxylation is 2. The summed E-state index contributed by atoms with van der Waals surface area (Å²) in [5.74, 6) is -0.0270. The zero-order chi connectivity index (χ0) is 13.1. The summed E-state index contributed by atoms with van der Waals surface area (Å²) in [4.78, 5) is 12.3. The molecule has 0 bridgehead atoms. The number of benzene rings is 1. The van der Waals surface area contributed by atoms with Crippen molar-refractivity contribution in [3.8, 4) is 6.07 Å². The normalized spacial score (nSPS) is 10.1. The molecule has 1 heterocycles. The summed E-state index contributed by atoms with van der Waals surface area (Å²) in [7, 11) is 1.85. The van der Waals surface area contributed by atoms with Gasteiger partial charge in [-0.2, -0.15) is 5.26 Å². The van der Waals surface area contributed by atoms with Crippen LogP contribution in [-0.2, 0) is 13.5 Å². The Kier molecular flexibility index (Phi) is 3.29. The number of hydrogen-bond donors (Lipinski definition) is 0. The molecular weight excluding hydrogens is 224 g/mol. The summed E-state index contributed by atoms with van der Waals surface area (Å²) in [6.07, 6.45) is 2.06. The van der Waals surface area contributed by atoms with Gasteiger partial charge >= 0.3 is 0 Å². The van der Waals surface area contributed by atoms with Crippen LogP contribution in [0.5, 0.6) is 0 Å². The number of aromatic nitrogens is 1. The first kappa shape index (κ1) is 12.1. The number of carbonyl (C=O) groups excluding carboxylic acids is 1. The highest BCUT2D eigenvalue weighted by atomic mass is 16.1. The first-order valence-electron chi connectivity index (χ1n) is 5.76. The molecule has 0 amide bonds. The van der Waals surface area contributed by atoms with Gasteiger partial charge in [0.2, 0.25) is 0 Å². The fourth-order valence-corrected chi connectivity index (χ4v) is 1.92. The predicted molar refractivity (Wildman–Crippen MR) is 69.3 cm³/mol. The number of hydrogen-bond acceptors (Lipinski definition) is 2. The Balaban J connectivity index is 2.40. The van der Waals surface area contributed by atoms with Gasteiger partial charge in [-0.3, -0.25) is 4.79 Å². The Morgan fingerprint density at radius 3 is 2.56 bits per heavy atom. The molecule has 0 aliphatic carbocycles. The quantitative estimate of drug-likeness (QED) is 0.772. The van der Waals surface area contributed by atoms with Crippen molar-refractivity contribution in [3.63, 3.8) is 0 Å². The molecular formula is C15H14N2O. The van der Waals surface area contributed by atoms with Crippen LogP contribution < -0.4 is 0 Å². The number of nitrogens with zero attached hydrogens (tertiary/aromatic N) is 2. The fourth-order valence-electron chi connectivity index (χ4n) is 1.92. The van der Waals surface area contributed by atoms with Crippen LogP contribution in [0.3, 0.4) is 0 Å². The Bertz CT molecular complexity index is 615. The van der Waals surface area contributed by atoms with Crippen molar-refractivity contribution >= 4 is 5.78 Å². The lowest BCUT2D eigenvalue weighted by Gasteiger charge is -2.04. The largest absolute Gasteiger partial charge is 0.353 e. The van der Waals surface area contributed by atoms with Crippen LogP contribution in [0.4, 0.5) is 0 Å². The second kappa shape index (κ2) is 4.89. The van der Waals surface area contributed by atoms with E-state index < -0.39 is 0 Å². The molecule has 0 N–H and O–H groups in total. The maximum Gasteiger partial charge on any atom is 0.194 e. The highest BCUT2D eigenvalue weighted by Gasteiger charge is 2.15. The summed E-state index contributed by atoms with van der Waals surface area (Å²) in [6.45, 7) is 1.98. The minimum atomic E-state index is -0.0270. The Morgan fingerprint density at radius 1 is 1.28 bits per heavy atom. The monoisotopic (exact) mass is 238 g/mol. The van der Waals surface area contributed by atoms with Crippen molar-refractivity contribution < 1.29 is 4.79 Å². The third-order valence-electron chi connectivity index (χ3n) is 3.01. The maximum atomic E-state index is 12.3. The molecule has 18 heavy (non-hydrogen) atoms. The number of rotatable bonds is 3. The molecule has 1 aromatic carbocycles. The van der Waals surface area contributed by atoms with E-state index in [1.165, 1.54) is 0 Å². The smallest absolute Gasteiger partial charge is 0.194 e.